The summed E-state index contributed by atoms with van der Waals surface area (Å²) in [5.74, 6) is 0.761. The molecule has 3 nitrogen and oxygen atoms in total. The van der Waals surface area contributed by atoms with Gasteiger partial charge in [0.15, 0.2) is 0 Å². The van der Waals surface area contributed by atoms with Crippen LogP contribution in [0.5, 0.6) is 0 Å². The van der Waals surface area contributed by atoms with Crippen LogP contribution < -0.4 is 5.43 Å². The SMILES string of the molecule is CC1(C)C(NN2CCCCC2)C2CCOC21. The molecule has 1 saturated carbocycles. The largest absolute Gasteiger partial charge is 0.377 e. The second-order valence-electron chi connectivity index (χ2n) is 6.22. The third kappa shape index (κ3) is 1.60. The summed E-state index contributed by atoms with van der Waals surface area (Å²) in [7, 11) is 0. The Morgan fingerprint density at radius 1 is 1.19 bits per heavy atom. The molecular formula is C13H24N2O. The molecule has 1 aliphatic carbocycles. The van der Waals surface area contributed by atoms with Gasteiger partial charge in [-0.05, 0) is 19.3 Å². The highest BCUT2D eigenvalue weighted by Crippen LogP contribution is 2.52. The van der Waals surface area contributed by atoms with Crippen LogP contribution in [0.1, 0.15) is 39.5 Å². The van der Waals surface area contributed by atoms with Gasteiger partial charge in [-0.1, -0.05) is 20.3 Å². The van der Waals surface area contributed by atoms with Gasteiger partial charge in [-0.3, -0.25) is 5.43 Å². The molecule has 2 saturated heterocycles. The molecule has 0 aromatic rings. The van der Waals surface area contributed by atoms with Crippen LogP contribution in [0.3, 0.4) is 0 Å². The van der Waals surface area contributed by atoms with E-state index in [1.165, 1.54) is 38.8 Å². The molecule has 3 heteroatoms. The van der Waals surface area contributed by atoms with Gasteiger partial charge in [-0.2, -0.15) is 0 Å². The molecule has 1 N–H and O–H groups in total. The van der Waals surface area contributed by atoms with E-state index in [1.807, 2.05) is 0 Å². The fourth-order valence-electron chi connectivity index (χ4n) is 3.81. The molecule has 3 aliphatic rings. The van der Waals surface area contributed by atoms with Crippen molar-refractivity contribution in [2.45, 2.75) is 51.7 Å². The van der Waals surface area contributed by atoms with Crippen molar-refractivity contribution < 1.29 is 4.74 Å². The van der Waals surface area contributed by atoms with E-state index in [9.17, 15) is 0 Å². The maximum absolute atomic E-state index is 5.83. The molecule has 0 aromatic heterocycles. The summed E-state index contributed by atoms with van der Waals surface area (Å²) < 4.78 is 5.83. The van der Waals surface area contributed by atoms with E-state index in [2.05, 4.69) is 24.3 Å². The molecule has 3 unspecified atom stereocenters. The van der Waals surface area contributed by atoms with E-state index in [-0.39, 0.29) is 0 Å². The minimum absolute atomic E-state index is 0.318. The van der Waals surface area contributed by atoms with Crippen LogP contribution in [0.25, 0.3) is 0 Å². The monoisotopic (exact) mass is 224 g/mol. The summed E-state index contributed by atoms with van der Waals surface area (Å²) in [6, 6.07) is 0.637. The Labute approximate surface area is 98.5 Å². The van der Waals surface area contributed by atoms with Crippen LogP contribution in [0.15, 0.2) is 0 Å². The van der Waals surface area contributed by atoms with Gasteiger partial charge in [0.05, 0.1) is 6.10 Å². The first-order valence-corrected chi connectivity index (χ1v) is 6.82. The third-order valence-electron chi connectivity index (χ3n) is 4.78. The number of rotatable bonds is 2. The van der Waals surface area contributed by atoms with Crippen molar-refractivity contribution in [3.63, 3.8) is 0 Å². The van der Waals surface area contributed by atoms with E-state index < -0.39 is 0 Å². The Bertz CT molecular complexity index is 261. The van der Waals surface area contributed by atoms with Crippen molar-refractivity contribution in [3.8, 4) is 0 Å². The van der Waals surface area contributed by atoms with Crippen LogP contribution in [-0.2, 0) is 4.74 Å². The highest BCUT2D eigenvalue weighted by atomic mass is 16.5. The van der Waals surface area contributed by atoms with Gasteiger partial charge in [0, 0.05) is 37.1 Å². The molecule has 0 aromatic carbocycles. The molecule has 3 rings (SSSR count). The lowest BCUT2D eigenvalue weighted by atomic mass is 9.57. The minimum Gasteiger partial charge on any atom is -0.377 e. The highest BCUT2D eigenvalue weighted by Gasteiger charge is 2.59. The van der Waals surface area contributed by atoms with Gasteiger partial charge >= 0.3 is 0 Å². The minimum atomic E-state index is 0.318. The van der Waals surface area contributed by atoms with Crippen LogP contribution in [-0.4, -0.2) is 36.9 Å². The standard InChI is InChI=1S/C13H24N2O/c1-13(2)11(10-6-9-16-12(10)13)14-15-7-4-3-5-8-15/h10-12,14H,3-9H2,1-2H3. The number of nitrogens with one attached hydrogen (secondary N) is 1. The first-order valence-electron chi connectivity index (χ1n) is 6.82. The van der Waals surface area contributed by atoms with Crippen molar-refractivity contribution in [3.05, 3.63) is 0 Å². The number of hydrogen-bond donors (Lipinski definition) is 1. The fraction of sp³-hybridized carbons (Fsp3) is 1.00. The summed E-state index contributed by atoms with van der Waals surface area (Å²) in [6.45, 7) is 8.12. The molecule has 0 amide bonds. The number of ether oxygens (including phenoxy) is 1. The van der Waals surface area contributed by atoms with E-state index in [1.54, 1.807) is 0 Å². The van der Waals surface area contributed by atoms with Gasteiger partial charge in [-0.25, -0.2) is 5.01 Å². The Kier molecular flexibility index (Phi) is 2.73. The van der Waals surface area contributed by atoms with Crippen LogP contribution in [0.4, 0.5) is 0 Å². The predicted octanol–water partition coefficient (Wildman–Crippen LogP) is 1.79. The molecule has 0 radical (unpaired) electrons. The second kappa shape index (κ2) is 3.97. The van der Waals surface area contributed by atoms with Crippen LogP contribution in [0, 0.1) is 11.3 Å². The molecule has 0 spiro atoms. The molecule has 3 fully saturated rings. The Morgan fingerprint density at radius 3 is 2.69 bits per heavy atom. The molecular weight excluding hydrogens is 200 g/mol. The predicted molar refractivity (Wildman–Crippen MR) is 64.0 cm³/mol. The molecule has 16 heavy (non-hydrogen) atoms. The third-order valence-corrected chi connectivity index (χ3v) is 4.78. The van der Waals surface area contributed by atoms with Crippen molar-refractivity contribution in [1.82, 2.24) is 10.4 Å². The lowest BCUT2D eigenvalue weighted by Crippen LogP contribution is -2.69. The van der Waals surface area contributed by atoms with Crippen molar-refractivity contribution in [1.29, 1.82) is 0 Å². The van der Waals surface area contributed by atoms with Gasteiger partial charge < -0.3 is 4.74 Å². The molecule has 3 atom stereocenters. The highest BCUT2D eigenvalue weighted by molar-refractivity contribution is 5.10. The molecule has 92 valence electrons. The lowest BCUT2D eigenvalue weighted by molar-refractivity contribution is -0.134. The van der Waals surface area contributed by atoms with Gasteiger partial charge in [0.25, 0.3) is 0 Å². The van der Waals surface area contributed by atoms with E-state index in [4.69, 9.17) is 4.74 Å². The summed E-state index contributed by atoms with van der Waals surface area (Å²) in [5.41, 5.74) is 4.09. The summed E-state index contributed by atoms with van der Waals surface area (Å²) in [5, 5.41) is 2.45. The van der Waals surface area contributed by atoms with Crippen molar-refractivity contribution in [2.75, 3.05) is 19.7 Å². The molecule has 2 aliphatic heterocycles. The zero-order chi connectivity index (χ0) is 11.2. The number of fused-ring (bicyclic) bond motifs is 1. The van der Waals surface area contributed by atoms with E-state index in [0.29, 0.717) is 17.6 Å². The quantitative estimate of drug-likeness (QED) is 0.774. The van der Waals surface area contributed by atoms with Crippen molar-refractivity contribution in [2.24, 2.45) is 11.3 Å². The first-order chi connectivity index (χ1) is 7.69. The van der Waals surface area contributed by atoms with Crippen LogP contribution >= 0.6 is 0 Å². The summed E-state index contributed by atoms with van der Waals surface area (Å²) in [4.78, 5) is 0. The summed E-state index contributed by atoms with van der Waals surface area (Å²) in [6.07, 6.45) is 5.87. The van der Waals surface area contributed by atoms with E-state index >= 15 is 0 Å². The zero-order valence-corrected chi connectivity index (χ0v) is 10.5. The maximum atomic E-state index is 5.83. The van der Waals surface area contributed by atoms with Gasteiger partial charge in [0.1, 0.15) is 0 Å². The number of nitrogens with zero attached hydrogens (tertiary/aromatic N) is 1. The van der Waals surface area contributed by atoms with Gasteiger partial charge in [-0.15, -0.1) is 0 Å². The average molecular weight is 224 g/mol. The molecule has 2 heterocycles. The lowest BCUT2D eigenvalue weighted by Gasteiger charge is -2.56. The van der Waals surface area contributed by atoms with Gasteiger partial charge in [0.2, 0.25) is 0 Å². The number of piperidine rings is 1. The smallest absolute Gasteiger partial charge is 0.0686 e. The maximum Gasteiger partial charge on any atom is 0.0686 e. The topological polar surface area (TPSA) is 24.5 Å². The average Bonchev–Trinajstić information content (AvgIpc) is 2.74. The molecule has 0 bridgehead atoms. The Balaban J connectivity index is 1.61. The normalized spacial score (nSPS) is 42.8. The Morgan fingerprint density at radius 2 is 1.94 bits per heavy atom. The Hall–Kier alpha value is -0.120. The number of hydrogen-bond acceptors (Lipinski definition) is 3. The van der Waals surface area contributed by atoms with E-state index in [0.717, 1.165) is 12.5 Å². The fourth-order valence-corrected chi connectivity index (χ4v) is 3.81. The first kappa shape index (κ1) is 11.0. The second-order valence-corrected chi connectivity index (χ2v) is 6.22. The zero-order valence-electron chi connectivity index (χ0n) is 10.5. The summed E-state index contributed by atoms with van der Waals surface area (Å²) >= 11 is 0. The number of hydrazine groups is 1. The van der Waals surface area contributed by atoms with Crippen molar-refractivity contribution >= 4 is 0 Å². The van der Waals surface area contributed by atoms with Crippen LogP contribution in [0.2, 0.25) is 0 Å².